The van der Waals surface area contributed by atoms with Gasteiger partial charge < -0.3 is 9.47 Å². The summed E-state index contributed by atoms with van der Waals surface area (Å²) in [5.74, 6) is 0. The molecule has 2 heteroatoms. The molecule has 12 rings (SSSR count). The van der Waals surface area contributed by atoms with E-state index in [-0.39, 0.29) is 5.41 Å². The molecule has 0 saturated heterocycles. The zero-order chi connectivity index (χ0) is 40.7. The Bertz CT molecular complexity index is 3440. The Kier molecular flexibility index (Phi) is 7.92. The maximum absolute atomic E-state index is 2.50. The first-order chi connectivity index (χ1) is 30.1. The quantitative estimate of drug-likeness (QED) is 0.163. The summed E-state index contributed by atoms with van der Waals surface area (Å²) in [6.07, 6.45) is 0. The zero-order valence-corrected chi connectivity index (χ0v) is 34.2. The zero-order valence-electron chi connectivity index (χ0n) is 34.2. The van der Waals surface area contributed by atoms with Crippen molar-refractivity contribution in [1.29, 1.82) is 0 Å². The van der Waals surface area contributed by atoms with E-state index in [1.807, 2.05) is 0 Å². The summed E-state index contributed by atoms with van der Waals surface area (Å²) < 4.78 is 2.40. The minimum Gasteiger partial charge on any atom is -0.309 e. The lowest BCUT2D eigenvalue weighted by atomic mass is 9.77. The minimum absolute atomic E-state index is 0.249. The minimum atomic E-state index is -0.249. The van der Waals surface area contributed by atoms with Crippen LogP contribution in [-0.4, -0.2) is 4.57 Å². The van der Waals surface area contributed by atoms with Gasteiger partial charge in [0, 0.05) is 38.5 Å². The van der Waals surface area contributed by atoms with Crippen molar-refractivity contribution in [3.05, 3.63) is 230 Å². The van der Waals surface area contributed by atoms with Gasteiger partial charge in [-0.25, -0.2) is 0 Å². The number of rotatable bonds is 6. The van der Waals surface area contributed by atoms with Crippen molar-refractivity contribution in [1.82, 2.24) is 4.57 Å². The first kappa shape index (κ1) is 35.3. The summed E-state index contributed by atoms with van der Waals surface area (Å²) >= 11 is 0. The Morgan fingerprint density at radius 1 is 0.377 bits per heavy atom. The number of aromatic nitrogens is 1. The Balaban J connectivity index is 1.14. The molecule has 11 aromatic rings. The average molecular weight is 779 g/mol. The van der Waals surface area contributed by atoms with Gasteiger partial charge in [-0.2, -0.15) is 0 Å². The first-order valence-electron chi connectivity index (χ1n) is 21.3. The number of benzene rings is 10. The van der Waals surface area contributed by atoms with Crippen LogP contribution in [0, 0.1) is 0 Å². The van der Waals surface area contributed by atoms with Gasteiger partial charge in [-0.15, -0.1) is 0 Å². The summed E-state index contributed by atoms with van der Waals surface area (Å²) in [6.45, 7) is 4.83. The smallest absolute Gasteiger partial charge is 0.0546 e. The largest absolute Gasteiger partial charge is 0.309 e. The molecule has 61 heavy (non-hydrogen) atoms. The average Bonchev–Trinajstić information content (AvgIpc) is 3.78. The molecular formula is C59H42N2. The van der Waals surface area contributed by atoms with Gasteiger partial charge in [0.15, 0.2) is 0 Å². The molecule has 1 aromatic heterocycles. The van der Waals surface area contributed by atoms with Crippen molar-refractivity contribution in [2.24, 2.45) is 0 Å². The standard InChI is InChI=1S/C59H42N2/c1-59(2)51-38-33-41-20-7-9-23-45(41)56(51)49-27-15-28-50(58(49)59)57-46(40-17-4-3-5-18-40)26-16-32-55(57)61(52-31-14-21-39-19-6-8-22-44(39)52)43-36-34-42(35-37-43)60-53-29-12-10-24-47(53)48-25-11-13-30-54(48)60/h3-38H,1-2H3. The van der Waals surface area contributed by atoms with Crippen LogP contribution in [0.25, 0.3) is 82.4 Å². The summed E-state index contributed by atoms with van der Waals surface area (Å²) in [5.41, 5.74) is 16.9. The molecule has 0 N–H and O–H groups in total. The fourth-order valence-electron chi connectivity index (χ4n) is 10.5. The van der Waals surface area contributed by atoms with Crippen LogP contribution < -0.4 is 4.90 Å². The van der Waals surface area contributed by atoms with E-state index in [0.29, 0.717) is 0 Å². The van der Waals surface area contributed by atoms with Gasteiger partial charge in [0.2, 0.25) is 0 Å². The highest BCUT2D eigenvalue weighted by Crippen LogP contribution is 2.57. The van der Waals surface area contributed by atoms with E-state index in [4.69, 9.17) is 0 Å². The van der Waals surface area contributed by atoms with Crippen LogP contribution in [0.15, 0.2) is 218 Å². The van der Waals surface area contributed by atoms with Crippen LogP contribution in [0.5, 0.6) is 0 Å². The molecule has 1 heterocycles. The highest BCUT2D eigenvalue weighted by molar-refractivity contribution is 6.10. The Labute approximate surface area is 356 Å². The van der Waals surface area contributed by atoms with Gasteiger partial charge >= 0.3 is 0 Å². The lowest BCUT2D eigenvalue weighted by Gasteiger charge is -2.32. The molecule has 0 unspecified atom stereocenters. The van der Waals surface area contributed by atoms with Gasteiger partial charge in [-0.1, -0.05) is 184 Å². The molecule has 0 amide bonds. The summed E-state index contributed by atoms with van der Waals surface area (Å²) in [6, 6.07) is 80.4. The molecule has 1 aliphatic carbocycles. The lowest BCUT2D eigenvalue weighted by molar-refractivity contribution is 0.662. The topological polar surface area (TPSA) is 8.17 Å². The maximum atomic E-state index is 2.50. The number of hydrogen-bond donors (Lipinski definition) is 0. The number of fused-ring (bicyclic) bond motifs is 9. The Morgan fingerprint density at radius 2 is 0.902 bits per heavy atom. The molecule has 0 bridgehead atoms. The maximum Gasteiger partial charge on any atom is 0.0546 e. The second-order valence-electron chi connectivity index (χ2n) is 16.8. The van der Waals surface area contributed by atoms with Crippen LogP contribution in [0.1, 0.15) is 25.0 Å². The van der Waals surface area contributed by atoms with Crippen molar-refractivity contribution >= 4 is 60.4 Å². The normalized spacial score (nSPS) is 12.9. The summed E-state index contributed by atoms with van der Waals surface area (Å²) in [4.78, 5) is 2.50. The van der Waals surface area contributed by atoms with Crippen molar-refractivity contribution in [3.8, 4) is 39.1 Å². The summed E-state index contributed by atoms with van der Waals surface area (Å²) in [7, 11) is 0. The molecule has 0 atom stereocenters. The summed E-state index contributed by atoms with van der Waals surface area (Å²) in [5, 5.41) is 7.50. The fourth-order valence-corrected chi connectivity index (χ4v) is 10.5. The number of para-hydroxylation sites is 2. The van der Waals surface area contributed by atoms with Gasteiger partial charge in [0.25, 0.3) is 0 Å². The second kappa shape index (κ2) is 13.7. The third-order valence-electron chi connectivity index (χ3n) is 13.2. The van der Waals surface area contributed by atoms with E-state index in [0.717, 1.165) is 22.7 Å². The van der Waals surface area contributed by atoms with Crippen molar-refractivity contribution in [2.45, 2.75) is 19.3 Å². The van der Waals surface area contributed by atoms with Gasteiger partial charge in [-0.05, 0) is 104 Å². The number of anilines is 3. The third-order valence-corrected chi connectivity index (χ3v) is 13.2. The predicted octanol–water partition coefficient (Wildman–Crippen LogP) is 16.2. The van der Waals surface area contributed by atoms with Gasteiger partial charge in [-0.3, -0.25) is 0 Å². The van der Waals surface area contributed by atoms with E-state index in [2.05, 4.69) is 242 Å². The van der Waals surface area contributed by atoms with Gasteiger partial charge in [0.1, 0.15) is 0 Å². The fraction of sp³-hybridized carbons (Fsp3) is 0.0508. The van der Waals surface area contributed by atoms with E-state index >= 15 is 0 Å². The molecule has 0 aliphatic heterocycles. The molecule has 0 radical (unpaired) electrons. The lowest BCUT2D eigenvalue weighted by Crippen LogP contribution is -2.17. The van der Waals surface area contributed by atoms with Crippen LogP contribution >= 0.6 is 0 Å². The Morgan fingerprint density at radius 3 is 1.62 bits per heavy atom. The number of nitrogens with zero attached hydrogens (tertiary/aromatic N) is 2. The monoisotopic (exact) mass is 778 g/mol. The highest BCUT2D eigenvalue weighted by Gasteiger charge is 2.39. The van der Waals surface area contributed by atoms with E-state index in [9.17, 15) is 0 Å². The molecule has 0 fully saturated rings. The van der Waals surface area contributed by atoms with Crippen LogP contribution in [0.2, 0.25) is 0 Å². The molecule has 288 valence electrons. The first-order valence-corrected chi connectivity index (χ1v) is 21.3. The molecule has 0 spiro atoms. The van der Waals surface area contributed by atoms with Crippen molar-refractivity contribution in [2.75, 3.05) is 4.90 Å². The van der Waals surface area contributed by atoms with E-state index < -0.39 is 0 Å². The predicted molar refractivity (Wildman–Crippen MR) is 259 cm³/mol. The SMILES string of the molecule is CC1(C)c2ccc3ccccc3c2-c2cccc(-c3c(-c4ccccc4)cccc3N(c3ccc(-n4c5ccccc5c5ccccc54)cc3)c3cccc4ccccc34)c21. The molecule has 2 nitrogen and oxygen atoms in total. The van der Waals surface area contributed by atoms with E-state index in [1.165, 1.54) is 87.9 Å². The Hall–Kier alpha value is -7.68. The van der Waals surface area contributed by atoms with E-state index in [1.54, 1.807) is 0 Å². The van der Waals surface area contributed by atoms with Crippen LogP contribution in [0.3, 0.4) is 0 Å². The molecule has 1 aliphatic rings. The van der Waals surface area contributed by atoms with Crippen molar-refractivity contribution < 1.29 is 0 Å². The van der Waals surface area contributed by atoms with Crippen LogP contribution in [-0.2, 0) is 5.41 Å². The second-order valence-corrected chi connectivity index (χ2v) is 16.8. The third kappa shape index (κ3) is 5.35. The van der Waals surface area contributed by atoms with Gasteiger partial charge in [0.05, 0.1) is 22.4 Å². The number of hydrogen-bond acceptors (Lipinski definition) is 1. The molecular weight excluding hydrogens is 737 g/mol. The molecule has 0 saturated carbocycles. The van der Waals surface area contributed by atoms with Crippen LogP contribution in [0.4, 0.5) is 17.1 Å². The van der Waals surface area contributed by atoms with Crippen molar-refractivity contribution in [3.63, 3.8) is 0 Å². The highest BCUT2D eigenvalue weighted by atomic mass is 15.1. The molecule has 10 aromatic carbocycles.